The van der Waals surface area contributed by atoms with Gasteiger partial charge in [-0.2, -0.15) is 0 Å². The van der Waals surface area contributed by atoms with Gasteiger partial charge < -0.3 is 54.9 Å². The maximum Gasteiger partial charge on any atom is 1.00 e. The van der Waals surface area contributed by atoms with Crippen LogP contribution in [0, 0.1) is 6.92 Å². The Balaban J connectivity index is 0.00000641. The molecule has 1 fully saturated rings. The van der Waals surface area contributed by atoms with Crippen LogP contribution in [0.1, 0.15) is 27.7 Å². The molecule has 2 aromatic heterocycles. The van der Waals surface area contributed by atoms with Gasteiger partial charge in [-0.25, -0.2) is 9.48 Å². The fourth-order valence-corrected chi connectivity index (χ4v) is 8.43. The topological polar surface area (TPSA) is 326 Å². The summed E-state index contributed by atoms with van der Waals surface area (Å²) in [5, 5.41) is 64.7. The minimum absolute atomic E-state index is 0. The molecule has 6 rings (SSSR count). The first kappa shape index (κ1) is 43.5. The van der Waals surface area contributed by atoms with E-state index in [0.717, 1.165) is 52.3 Å². The quantitative estimate of drug-likeness (QED) is 0.0217. The van der Waals surface area contributed by atoms with E-state index in [2.05, 4.69) is 26.2 Å². The fourth-order valence-electron chi connectivity index (χ4n) is 5.97. The van der Waals surface area contributed by atoms with Crippen molar-refractivity contribution in [2.75, 3.05) is 25.2 Å². The van der Waals surface area contributed by atoms with Crippen LogP contribution in [-0.4, -0.2) is 117 Å². The number of aliphatic carboxylic acids is 3. The summed E-state index contributed by atoms with van der Waals surface area (Å²) < 4.78 is 17.3. The number of amides is 3. The molecule has 1 unspecified atom stereocenters. The van der Waals surface area contributed by atoms with Gasteiger partial charge in [0.1, 0.15) is 40.6 Å². The van der Waals surface area contributed by atoms with Crippen LogP contribution in [-0.2, 0) is 35.3 Å². The van der Waals surface area contributed by atoms with Crippen molar-refractivity contribution in [3.63, 3.8) is 0 Å². The zero-order chi connectivity index (χ0) is 41.3. The van der Waals surface area contributed by atoms with E-state index >= 15 is 0 Å². The number of hydrogen-bond acceptors (Lipinski definition) is 18. The minimum Gasteiger partial charge on any atom is -0.543 e. The maximum atomic E-state index is 14.2. The van der Waals surface area contributed by atoms with Gasteiger partial charge >= 0.3 is 41.5 Å². The third-order valence-electron chi connectivity index (χ3n) is 8.60. The number of carbonyl (C=O) groups excluding carboxylic acids is 4. The number of aromatic nitrogens is 4. The molecule has 2 aliphatic heterocycles. The average Bonchev–Trinajstić information content (AvgIpc) is 3.60. The zero-order valence-corrected chi connectivity index (χ0v) is 33.9. The summed E-state index contributed by atoms with van der Waals surface area (Å²) in [7, 11) is 1.09. The zero-order valence-electron chi connectivity index (χ0n) is 30.3. The number of carboxylic acids is 3. The summed E-state index contributed by atoms with van der Waals surface area (Å²) in [5.74, 6) is -8.98. The first-order valence-corrected chi connectivity index (χ1v) is 18.2. The number of benzene rings is 2. The number of carboxylic acid groups (broad SMARTS) is 3. The van der Waals surface area contributed by atoms with Gasteiger partial charge in [0.2, 0.25) is 16.5 Å². The molecule has 4 heterocycles. The molecule has 6 N–H and O–H groups in total. The van der Waals surface area contributed by atoms with E-state index in [9.17, 15) is 48.9 Å². The number of thioether (sulfide) groups is 2. The van der Waals surface area contributed by atoms with Crippen LogP contribution in [0.15, 0.2) is 62.0 Å². The van der Waals surface area contributed by atoms with Gasteiger partial charge in [0.15, 0.2) is 18.1 Å². The molecule has 0 bridgehead atoms. The number of β-lactam (4-membered cyclic amide) rings is 1. The number of fused-ring (bicyclic) bond motifs is 2. The van der Waals surface area contributed by atoms with Crippen molar-refractivity contribution in [2.24, 2.45) is 0 Å². The van der Waals surface area contributed by atoms with Crippen molar-refractivity contribution in [3.8, 4) is 17.2 Å². The number of methoxy groups -OCH3 is 1. The molecule has 0 spiro atoms. The van der Waals surface area contributed by atoms with Crippen LogP contribution in [0.25, 0.3) is 11.0 Å². The second kappa shape index (κ2) is 17.5. The van der Waals surface area contributed by atoms with Gasteiger partial charge in [-0.1, -0.05) is 23.9 Å². The summed E-state index contributed by atoms with van der Waals surface area (Å²) in [6.07, 6.45) is 0. The third-order valence-corrected chi connectivity index (χ3v) is 11.0. The summed E-state index contributed by atoms with van der Waals surface area (Å²) in [6.45, 7) is 0.0252. The first-order chi connectivity index (χ1) is 27.1. The fraction of sp³-hybridized carbons (Fsp3) is 0.273. The standard InChI is InChI=1S/C33H29N7O15S2.Na/c1-13-23(26(47)17-7-18(41)19(42)8-20(17)55-13)27(48)34-24(14-3-5-16(6-4-14)54-10-22(45)46)28(49)35-33(53-2)30(52)40-25(29(50)51)15(11-56-31(33)40)12-57-32-36-37-38-39(32)9-21(43)44;/h3-8,24,31,41-42H,9-12H2,1-2H3,(H,34,48)(H,35,49)(H,43,44)(H,45,46)(H,50,51);/q;+1/p-1/t24?,31-,33+;/m1./s1. The Bertz CT molecular complexity index is 2440. The molecule has 3 atom stereocenters. The van der Waals surface area contributed by atoms with E-state index in [0.29, 0.717) is 0 Å². The van der Waals surface area contributed by atoms with Crippen LogP contribution in [0.4, 0.5) is 0 Å². The Morgan fingerprint density at radius 2 is 1.79 bits per heavy atom. The van der Waals surface area contributed by atoms with Crippen molar-refractivity contribution in [1.82, 2.24) is 35.7 Å². The number of aromatic hydroxyl groups is 2. The van der Waals surface area contributed by atoms with E-state index in [1.54, 1.807) is 0 Å². The second-order valence-corrected chi connectivity index (χ2v) is 14.2. The van der Waals surface area contributed by atoms with E-state index in [4.69, 9.17) is 24.1 Å². The summed E-state index contributed by atoms with van der Waals surface area (Å²) in [6, 6.07) is 5.36. The normalized spacial score (nSPS) is 17.7. The average molecular weight is 850 g/mol. The van der Waals surface area contributed by atoms with Crippen molar-refractivity contribution < 1.29 is 97.7 Å². The van der Waals surface area contributed by atoms with Crippen LogP contribution in [0.2, 0.25) is 0 Å². The number of ether oxygens (including phenoxy) is 2. The molecule has 2 aliphatic rings. The SMILES string of the molecule is CO[C@@]1(NC(=O)C(NC(=O)c2c(C)oc3cc(O)c(O)cc3c2=O)c2ccc(OCC(=O)O)cc2)C(=O)N2C(C(=O)[O-])=C(CSc3nnnn3CC(=O)O)CS[C@@H]21.[Na+]. The molecule has 25 heteroatoms. The Kier molecular flexibility index (Phi) is 13.1. The summed E-state index contributed by atoms with van der Waals surface area (Å²) in [4.78, 5) is 90.9. The van der Waals surface area contributed by atoms with Gasteiger partial charge in [-0.05, 0) is 46.7 Å². The number of phenolic OH excluding ortho intramolecular Hbond substituents is 2. The van der Waals surface area contributed by atoms with Gasteiger partial charge in [-0.3, -0.25) is 28.9 Å². The maximum absolute atomic E-state index is 14.2. The molecule has 58 heavy (non-hydrogen) atoms. The number of hydrogen-bond donors (Lipinski definition) is 6. The Labute approximate surface area is 354 Å². The molecule has 1 saturated heterocycles. The molecule has 0 aliphatic carbocycles. The third kappa shape index (κ3) is 8.32. The number of carbonyl (C=O) groups is 6. The van der Waals surface area contributed by atoms with Crippen molar-refractivity contribution in [2.45, 2.75) is 35.8 Å². The van der Waals surface area contributed by atoms with Crippen molar-refractivity contribution >= 4 is 70.1 Å². The second-order valence-electron chi connectivity index (χ2n) is 12.2. The van der Waals surface area contributed by atoms with Crippen molar-refractivity contribution in [3.05, 3.63) is 74.8 Å². The molecule has 2 aromatic carbocycles. The molecular formula is C33H28N7NaO15S2. The Morgan fingerprint density at radius 3 is 2.43 bits per heavy atom. The molecular weight excluding hydrogens is 822 g/mol. The first-order valence-electron chi connectivity index (χ1n) is 16.2. The molecule has 298 valence electrons. The van der Waals surface area contributed by atoms with E-state index in [1.165, 1.54) is 31.2 Å². The largest absolute Gasteiger partial charge is 1.00 e. The number of phenols is 2. The van der Waals surface area contributed by atoms with Crippen molar-refractivity contribution in [1.29, 1.82) is 0 Å². The van der Waals surface area contributed by atoms with Crippen LogP contribution < -0.4 is 55.5 Å². The minimum atomic E-state index is -2.20. The summed E-state index contributed by atoms with van der Waals surface area (Å²) >= 11 is 1.93. The van der Waals surface area contributed by atoms with Crippen LogP contribution in [0.3, 0.4) is 0 Å². The Morgan fingerprint density at radius 1 is 1.10 bits per heavy atom. The molecule has 3 amide bonds. The monoisotopic (exact) mass is 849 g/mol. The van der Waals surface area contributed by atoms with Gasteiger partial charge in [0, 0.05) is 24.7 Å². The number of nitrogens with zero attached hydrogens (tertiary/aromatic N) is 5. The van der Waals surface area contributed by atoms with E-state index in [-0.39, 0.29) is 79.8 Å². The molecule has 0 saturated carbocycles. The Hall–Kier alpha value is -5.66. The van der Waals surface area contributed by atoms with Gasteiger partial charge in [0.25, 0.3) is 17.5 Å². The predicted octanol–water partition coefficient (Wildman–Crippen LogP) is -4.31. The van der Waals surface area contributed by atoms with E-state index < -0.39 is 94.1 Å². The van der Waals surface area contributed by atoms with Gasteiger partial charge in [-0.15, -0.1) is 16.9 Å². The summed E-state index contributed by atoms with van der Waals surface area (Å²) in [5.41, 5.74) is -4.13. The number of nitrogens with one attached hydrogen (secondary N) is 2. The molecule has 4 aromatic rings. The predicted molar refractivity (Wildman–Crippen MR) is 190 cm³/mol. The number of rotatable bonds is 15. The van der Waals surface area contributed by atoms with Crippen LogP contribution >= 0.6 is 23.5 Å². The van der Waals surface area contributed by atoms with Gasteiger partial charge in [0.05, 0.1) is 17.1 Å². The van der Waals surface area contributed by atoms with Crippen LogP contribution in [0.5, 0.6) is 17.2 Å². The smallest absolute Gasteiger partial charge is 0.543 e. The molecule has 0 radical (unpaired) electrons. The van der Waals surface area contributed by atoms with E-state index in [1.807, 2.05) is 0 Å². The number of aryl methyl sites for hydroxylation is 1. The number of tetrazole rings is 1. The molecule has 22 nitrogen and oxygen atoms in total.